The summed E-state index contributed by atoms with van der Waals surface area (Å²) in [6, 6.07) is 26.4. The molecule has 3 rings (SSSR count). The molecule has 0 spiro atoms. The molecule has 2 atom stereocenters. The molecule has 4 N–H and O–H groups in total. The summed E-state index contributed by atoms with van der Waals surface area (Å²) in [6.45, 7) is 1.35. The monoisotopic (exact) mass is 429 g/mol. The van der Waals surface area contributed by atoms with Crippen LogP contribution in [-0.4, -0.2) is 29.8 Å². The molecule has 6 nitrogen and oxygen atoms in total. The lowest BCUT2D eigenvalue weighted by atomic mass is 9.84. The zero-order valence-corrected chi connectivity index (χ0v) is 17.9. The number of nitrogens with two attached hydrogens (primary N) is 1. The Kier molecular flexibility index (Phi) is 7.75. The zero-order chi connectivity index (χ0) is 22.9. The molecule has 0 aliphatic rings. The van der Waals surface area contributed by atoms with Crippen molar-refractivity contribution in [1.82, 2.24) is 10.6 Å². The molecule has 0 aromatic heterocycles. The SMILES string of the molecule is CC(=O)N[C@H](Cc1ccccc1)C(=O)N[C@H](C(N)=O)C(c1ccccc1)c1ccccc1. The van der Waals surface area contributed by atoms with Crippen molar-refractivity contribution in [2.24, 2.45) is 5.73 Å². The number of hydrogen-bond donors (Lipinski definition) is 3. The van der Waals surface area contributed by atoms with Crippen LogP contribution in [0.15, 0.2) is 91.0 Å². The molecule has 3 aromatic rings. The van der Waals surface area contributed by atoms with Gasteiger partial charge in [-0.1, -0.05) is 91.0 Å². The van der Waals surface area contributed by atoms with Gasteiger partial charge in [-0.05, 0) is 16.7 Å². The van der Waals surface area contributed by atoms with Gasteiger partial charge in [0.2, 0.25) is 17.7 Å². The van der Waals surface area contributed by atoms with E-state index in [1.807, 2.05) is 91.0 Å². The van der Waals surface area contributed by atoms with E-state index in [4.69, 9.17) is 5.73 Å². The summed E-state index contributed by atoms with van der Waals surface area (Å²) in [5.41, 5.74) is 8.36. The molecule has 0 heterocycles. The van der Waals surface area contributed by atoms with Crippen LogP contribution in [0.2, 0.25) is 0 Å². The summed E-state index contributed by atoms with van der Waals surface area (Å²) in [7, 11) is 0. The van der Waals surface area contributed by atoms with Gasteiger partial charge in [-0.3, -0.25) is 14.4 Å². The predicted octanol–water partition coefficient (Wildman–Crippen LogP) is 2.54. The van der Waals surface area contributed by atoms with Gasteiger partial charge in [0.1, 0.15) is 12.1 Å². The number of nitrogens with one attached hydrogen (secondary N) is 2. The third-order valence-electron chi connectivity index (χ3n) is 5.23. The lowest BCUT2D eigenvalue weighted by Gasteiger charge is -2.28. The highest BCUT2D eigenvalue weighted by molar-refractivity contribution is 5.92. The van der Waals surface area contributed by atoms with Crippen molar-refractivity contribution in [3.8, 4) is 0 Å². The van der Waals surface area contributed by atoms with Gasteiger partial charge in [-0.25, -0.2) is 0 Å². The summed E-state index contributed by atoms with van der Waals surface area (Å²) >= 11 is 0. The van der Waals surface area contributed by atoms with Crippen molar-refractivity contribution in [3.05, 3.63) is 108 Å². The first-order valence-corrected chi connectivity index (χ1v) is 10.5. The third kappa shape index (κ3) is 6.04. The number of primary amides is 1. The van der Waals surface area contributed by atoms with Gasteiger partial charge in [-0.15, -0.1) is 0 Å². The van der Waals surface area contributed by atoms with E-state index >= 15 is 0 Å². The topological polar surface area (TPSA) is 101 Å². The van der Waals surface area contributed by atoms with Crippen LogP contribution in [0.4, 0.5) is 0 Å². The maximum atomic E-state index is 13.2. The number of benzene rings is 3. The standard InChI is InChI=1S/C26H27N3O3/c1-18(30)28-22(17-19-11-5-2-6-12-19)26(32)29-24(25(27)31)23(20-13-7-3-8-14-20)21-15-9-4-10-16-21/h2-16,22-24H,17H2,1H3,(H2,27,31)(H,28,30)(H,29,32)/t22-,24+/m1/s1. The van der Waals surface area contributed by atoms with Crippen LogP contribution in [0.5, 0.6) is 0 Å². The summed E-state index contributed by atoms with van der Waals surface area (Å²) < 4.78 is 0. The van der Waals surface area contributed by atoms with Crippen molar-refractivity contribution >= 4 is 17.7 Å². The fourth-order valence-corrected chi connectivity index (χ4v) is 3.78. The van der Waals surface area contributed by atoms with Crippen LogP contribution in [0, 0.1) is 0 Å². The lowest BCUT2D eigenvalue weighted by Crippen LogP contribution is -2.55. The number of amides is 3. The fraction of sp³-hybridized carbons (Fsp3) is 0.192. The van der Waals surface area contributed by atoms with Gasteiger partial charge in [0, 0.05) is 19.3 Å². The Hall–Kier alpha value is -3.93. The highest BCUT2D eigenvalue weighted by atomic mass is 16.2. The minimum atomic E-state index is -1.00. The van der Waals surface area contributed by atoms with E-state index in [-0.39, 0.29) is 5.91 Å². The van der Waals surface area contributed by atoms with Crippen molar-refractivity contribution in [2.45, 2.75) is 31.3 Å². The quantitative estimate of drug-likeness (QED) is 0.487. The molecular formula is C26H27N3O3. The highest BCUT2D eigenvalue weighted by Gasteiger charge is 2.33. The molecule has 0 aliphatic heterocycles. The second-order valence-corrected chi connectivity index (χ2v) is 7.63. The molecule has 164 valence electrons. The molecular weight excluding hydrogens is 402 g/mol. The minimum absolute atomic E-state index is 0.291. The van der Waals surface area contributed by atoms with Crippen molar-refractivity contribution in [3.63, 3.8) is 0 Å². The molecule has 0 radical (unpaired) electrons. The summed E-state index contributed by atoms with van der Waals surface area (Å²) in [5.74, 6) is -1.94. The van der Waals surface area contributed by atoms with Gasteiger partial charge in [0.25, 0.3) is 0 Å². The Morgan fingerprint density at radius 2 is 1.22 bits per heavy atom. The van der Waals surface area contributed by atoms with Gasteiger partial charge < -0.3 is 16.4 Å². The molecule has 0 fully saturated rings. The predicted molar refractivity (Wildman–Crippen MR) is 124 cm³/mol. The van der Waals surface area contributed by atoms with E-state index in [2.05, 4.69) is 10.6 Å². The van der Waals surface area contributed by atoms with Crippen molar-refractivity contribution in [2.75, 3.05) is 0 Å². The number of carbonyl (C=O) groups is 3. The second-order valence-electron chi connectivity index (χ2n) is 7.63. The van der Waals surface area contributed by atoms with Crippen LogP contribution in [0.3, 0.4) is 0 Å². The number of hydrogen-bond acceptors (Lipinski definition) is 3. The van der Waals surface area contributed by atoms with Gasteiger partial charge in [-0.2, -0.15) is 0 Å². The molecule has 0 saturated carbocycles. The maximum Gasteiger partial charge on any atom is 0.243 e. The first-order valence-electron chi connectivity index (χ1n) is 10.5. The van der Waals surface area contributed by atoms with E-state index in [1.54, 1.807) is 0 Å². The van der Waals surface area contributed by atoms with E-state index in [0.29, 0.717) is 6.42 Å². The summed E-state index contributed by atoms with van der Waals surface area (Å²) in [6.07, 6.45) is 0.291. The Morgan fingerprint density at radius 1 is 0.750 bits per heavy atom. The Bertz CT molecular complexity index is 1000. The minimum Gasteiger partial charge on any atom is -0.368 e. The molecule has 0 unspecified atom stereocenters. The highest BCUT2D eigenvalue weighted by Crippen LogP contribution is 2.28. The molecule has 0 bridgehead atoms. The summed E-state index contributed by atoms with van der Waals surface area (Å²) in [4.78, 5) is 37.5. The molecule has 6 heteroatoms. The fourth-order valence-electron chi connectivity index (χ4n) is 3.78. The van der Waals surface area contributed by atoms with E-state index in [1.165, 1.54) is 6.92 Å². The van der Waals surface area contributed by atoms with Crippen molar-refractivity contribution < 1.29 is 14.4 Å². The van der Waals surface area contributed by atoms with E-state index in [9.17, 15) is 14.4 Å². The van der Waals surface area contributed by atoms with Crippen LogP contribution in [0.1, 0.15) is 29.5 Å². The number of rotatable bonds is 9. The lowest BCUT2D eigenvalue weighted by molar-refractivity contribution is -0.131. The molecule has 0 saturated heterocycles. The van der Waals surface area contributed by atoms with Gasteiger partial charge >= 0.3 is 0 Å². The first-order chi connectivity index (χ1) is 15.5. The first kappa shape index (κ1) is 22.7. The second kappa shape index (κ2) is 10.9. The van der Waals surface area contributed by atoms with Crippen LogP contribution >= 0.6 is 0 Å². The van der Waals surface area contributed by atoms with Crippen molar-refractivity contribution in [1.29, 1.82) is 0 Å². The van der Waals surface area contributed by atoms with Crippen LogP contribution in [-0.2, 0) is 20.8 Å². The van der Waals surface area contributed by atoms with Crippen LogP contribution < -0.4 is 16.4 Å². The smallest absolute Gasteiger partial charge is 0.243 e. The van der Waals surface area contributed by atoms with Crippen LogP contribution in [0.25, 0.3) is 0 Å². The summed E-state index contributed by atoms with van der Waals surface area (Å²) in [5, 5.41) is 5.50. The third-order valence-corrected chi connectivity index (χ3v) is 5.23. The molecule has 3 amide bonds. The van der Waals surface area contributed by atoms with Gasteiger partial charge in [0.15, 0.2) is 0 Å². The van der Waals surface area contributed by atoms with E-state index in [0.717, 1.165) is 16.7 Å². The Labute approximate surface area is 187 Å². The number of carbonyl (C=O) groups excluding carboxylic acids is 3. The largest absolute Gasteiger partial charge is 0.368 e. The average Bonchev–Trinajstić information content (AvgIpc) is 2.80. The van der Waals surface area contributed by atoms with Gasteiger partial charge in [0.05, 0.1) is 0 Å². The maximum absolute atomic E-state index is 13.2. The Balaban J connectivity index is 1.92. The Morgan fingerprint density at radius 3 is 1.66 bits per heavy atom. The van der Waals surface area contributed by atoms with E-state index < -0.39 is 29.8 Å². The average molecular weight is 430 g/mol. The normalized spacial score (nSPS) is 12.6. The molecule has 32 heavy (non-hydrogen) atoms. The molecule has 0 aliphatic carbocycles. The molecule has 3 aromatic carbocycles. The zero-order valence-electron chi connectivity index (χ0n) is 17.9.